The molecule has 0 spiro atoms. The molecule has 30 heavy (non-hydrogen) atoms. The summed E-state index contributed by atoms with van der Waals surface area (Å²) in [5, 5.41) is 5.22. The molecule has 2 aromatic carbocycles. The van der Waals surface area contributed by atoms with Gasteiger partial charge < -0.3 is 14.0 Å². The van der Waals surface area contributed by atoms with Gasteiger partial charge in [-0.3, -0.25) is 4.79 Å². The summed E-state index contributed by atoms with van der Waals surface area (Å²) in [6, 6.07) is 9.79. The van der Waals surface area contributed by atoms with Crippen LogP contribution in [-0.4, -0.2) is 33.1 Å². The van der Waals surface area contributed by atoms with Gasteiger partial charge in [-0.05, 0) is 35.9 Å². The predicted molar refractivity (Wildman–Crippen MR) is 115 cm³/mol. The quantitative estimate of drug-likeness (QED) is 0.558. The number of carbonyl (C=O) groups is 1. The maximum atomic E-state index is 12.6. The molecule has 0 bridgehead atoms. The van der Waals surface area contributed by atoms with Crippen LogP contribution in [0.2, 0.25) is 0 Å². The van der Waals surface area contributed by atoms with Crippen molar-refractivity contribution in [2.75, 3.05) is 14.2 Å². The van der Waals surface area contributed by atoms with Crippen LogP contribution in [0.4, 0.5) is 0 Å². The lowest BCUT2D eigenvalue weighted by Crippen LogP contribution is -2.17. The van der Waals surface area contributed by atoms with Crippen molar-refractivity contribution in [2.24, 2.45) is 10.1 Å². The van der Waals surface area contributed by atoms with Crippen LogP contribution in [0, 0.1) is 0 Å². The highest BCUT2D eigenvalue weighted by Crippen LogP contribution is 2.28. The summed E-state index contributed by atoms with van der Waals surface area (Å²) in [6.45, 7) is 4.15. The molecule has 1 aromatic heterocycles. The fourth-order valence-electron chi connectivity index (χ4n) is 2.93. The first-order chi connectivity index (χ1) is 14.3. The van der Waals surface area contributed by atoms with Crippen LogP contribution in [0.1, 0.15) is 5.56 Å². The van der Waals surface area contributed by atoms with Crippen molar-refractivity contribution in [3.63, 3.8) is 0 Å². The molecule has 3 aromatic rings. The Morgan fingerprint density at radius 3 is 2.57 bits per heavy atom. The van der Waals surface area contributed by atoms with Crippen molar-refractivity contribution in [1.29, 1.82) is 0 Å². The van der Waals surface area contributed by atoms with Gasteiger partial charge in [-0.25, -0.2) is 13.6 Å². The minimum Gasteiger partial charge on any atom is -0.493 e. The lowest BCUT2D eigenvalue weighted by atomic mass is 10.1. The minimum atomic E-state index is -3.83. The van der Waals surface area contributed by atoms with Crippen LogP contribution >= 0.6 is 11.3 Å². The fraction of sp³-hybridized carbons (Fsp3) is 0.200. The van der Waals surface area contributed by atoms with E-state index in [2.05, 4.69) is 11.6 Å². The molecule has 2 N–H and O–H groups in total. The summed E-state index contributed by atoms with van der Waals surface area (Å²) < 4.78 is 36.2. The Kier molecular flexibility index (Phi) is 6.40. The zero-order valence-electron chi connectivity index (χ0n) is 16.5. The molecule has 0 unspecified atom stereocenters. The molecule has 0 aliphatic rings. The van der Waals surface area contributed by atoms with Crippen molar-refractivity contribution in [3.05, 3.63) is 59.4 Å². The number of carbonyl (C=O) groups excluding carboxylic acids is 1. The van der Waals surface area contributed by atoms with Gasteiger partial charge in [-0.2, -0.15) is 4.99 Å². The van der Waals surface area contributed by atoms with E-state index in [9.17, 15) is 13.2 Å². The second-order valence-corrected chi connectivity index (χ2v) is 8.90. The smallest absolute Gasteiger partial charge is 0.252 e. The number of allylic oxidation sites excluding steroid dienone is 1. The number of primary sulfonamides is 1. The number of ether oxygens (including phenoxy) is 2. The van der Waals surface area contributed by atoms with E-state index in [-0.39, 0.29) is 17.2 Å². The first kappa shape index (κ1) is 21.8. The molecule has 0 aliphatic carbocycles. The number of fused-ring (bicyclic) bond motifs is 1. The van der Waals surface area contributed by atoms with Crippen LogP contribution in [-0.2, 0) is 27.8 Å². The van der Waals surface area contributed by atoms with Crippen molar-refractivity contribution < 1.29 is 22.7 Å². The fourth-order valence-corrected chi connectivity index (χ4v) is 4.64. The Morgan fingerprint density at radius 2 is 1.93 bits per heavy atom. The summed E-state index contributed by atoms with van der Waals surface area (Å²) >= 11 is 1.21. The first-order valence-electron chi connectivity index (χ1n) is 8.82. The maximum absolute atomic E-state index is 12.6. The van der Waals surface area contributed by atoms with E-state index in [0.717, 1.165) is 11.1 Å². The highest BCUT2D eigenvalue weighted by atomic mass is 32.2. The molecular weight excluding hydrogens is 426 g/mol. The Morgan fingerprint density at radius 1 is 1.20 bits per heavy atom. The number of hydrogen-bond donors (Lipinski definition) is 1. The molecule has 0 atom stereocenters. The number of sulfonamides is 1. The zero-order valence-corrected chi connectivity index (χ0v) is 18.1. The molecule has 1 amide bonds. The number of methoxy groups -OCH3 is 2. The van der Waals surface area contributed by atoms with Gasteiger partial charge in [0.15, 0.2) is 16.3 Å². The molecule has 1 heterocycles. The number of aromatic nitrogens is 1. The predicted octanol–water partition coefficient (Wildman–Crippen LogP) is 2.22. The van der Waals surface area contributed by atoms with Crippen LogP contribution < -0.4 is 19.4 Å². The monoisotopic (exact) mass is 447 g/mol. The van der Waals surface area contributed by atoms with Crippen LogP contribution in [0.3, 0.4) is 0 Å². The summed E-state index contributed by atoms with van der Waals surface area (Å²) in [5.41, 5.74) is 1.47. The number of amides is 1. The summed E-state index contributed by atoms with van der Waals surface area (Å²) in [6.07, 6.45) is 1.75. The number of thiazole rings is 1. The number of nitrogens with zero attached hydrogens (tertiary/aromatic N) is 2. The second kappa shape index (κ2) is 8.82. The minimum absolute atomic E-state index is 0.00482. The van der Waals surface area contributed by atoms with Crippen LogP contribution in [0.15, 0.2) is 58.9 Å². The lowest BCUT2D eigenvalue weighted by molar-refractivity contribution is -0.117. The van der Waals surface area contributed by atoms with Crippen LogP contribution in [0.25, 0.3) is 10.2 Å². The Labute approximate surface area is 177 Å². The van der Waals surface area contributed by atoms with Crippen molar-refractivity contribution >= 4 is 37.5 Å². The highest BCUT2D eigenvalue weighted by Gasteiger charge is 2.13. The van der Waals surface area contributed by atoms with Crippen molar-refractivity contribution in [3.8, 4) is 11.5 Å². The van der Waals surface area contributed by atoms with E-state index in [1.165, 1.54) is 30.6 Å². The Bertz CT molecular complexity index is 1290. The van der Waals surface area contributed by atoms with E-state index in [4.69, 9.17) is 14.6 Å². The van der Waals surface area contributed by atoms with Gasteiger partial charge in [0.2, 0.25) is 10.0 Å². The van der Waals surface area contributed by atoms with Gasteiger partial charge in [0.05, 0.1) is 35.8 Å². The highest BCUT2D eigenvalue weighted by molar-refractivity contribution is 7.89. The molecule has 0 aliphatic heterocycles. The summed E-state index contributed by atoms with van der Waals surface area (Å²) in [7, 11) is -0.761. The zero-order chi connectivity index (χ0) is 21.9. The third-order valence-corrected chi connectivity index (χ3v) is 6.27. The summed E-state index contributed by atoms with van der Waals surface area (Å²) in [5.74, 6) is 0.754. The normalized spacial score (nSPS) is 12.2. The third-order valence-electron chi connectivity index (χ3n) is 4.32. The van der Waals surface area contributed by atoms with Gasteiger partial charge in [-0.1, -0.05) is 23.5 Å². The van der Waals surface area contributed by atoms with E-state index >= 15 is 0 Å². The van der Waals surface area contributed by atoms with Gasteiger partial charge in [0.25, 0.3) is 5.91 Å². The third kappa shape index (κ3) is 4.61. The summed E-state index contributed by atoms with van der Waals surface area (Å²) in [4.78, 5) is 17.3. The van der Waals surface area contributed by atoms with Gasteiger partial charge in [0, 0.05) is 6.54 Å². The van der Waals surface area contributed by atoms with Crippen molar-refractivity contribution in [2.45, 2.75) is 17.9 Å². The van der Waals surface area contributed by atoms with Gasteiger partial charge >= 0.3 is 0 Å². The molecule has 10 heteroatoms. The van der Waals surface area contributed by atoms with Crippen LogP contribution in [0.5, 0.6) is 11.5 Å². The molecule has 8 nitrogen and oxygen atoms in total. The number of nitrogens with two attached hydrogens (primary N) is 1. The van der Waals surface area contributed by atoms with Gasteiger partial charge in [-0.15, -0.1) is 6.58 Å². The molecule has 0 saturated carbocycles. The standard InChI is InChI=1S/C20H21N3O5S2/c1-4-9-23-15-7-6-14(30(21,25)26)12-18(15)29-20(23)22-19(24)11-13-5-8-16(27-2)17(10-13)28-3/h4-8,10,12H,1,9,11H2,2-3H3,(H2,21,25,26). The second-order valence-electron chi connectivity index (χ2n) is 6.33. The molecular formula is C20H21N3O5S2. The Balaban J connectivity index is 2.00. The van der Waals surface area contributed by atoms with E-state index in [0.29, 0.717) is 27.5 Å². The molecule has 0 fully saturated rings. The maximum Gasteiger partial charge on any atom is 0.252 e. The first-order valence-corrected chi connectivity index (χ1v) is 11.2. The van der Waals surface area contributed by atoms with Crippen molar-refractivity contribution in [1.82, 2.24) is 4.57 Å². The molecule has 0 radical (unpaired) electrons. The van der Waals surface area contributed by atoms with E-state index < -0.39 is 10.0 Å². The van der Waals surface area contributed by atoms with E-state index in [1.807, 2.05) is 0 Å². The molecule has 158 valence electrons. The molecule has 3 rings (SSSR count). The van der Waals surface area contributed by atoms with Gasteiger partial charge in [0.1, 0.15) is 0 Å². The number of hydrogen-bond acceptors (Lipinski definition) is 6. The largest absolute Gasteiger partial charge is 0.493 e. The SMILES string of the molecule is C=CCn1c(=NC(=O)Cc2ccc(OC)c(OC)c2)sc2cc(S(N)(=O)=O)ccc21. The number of rotatable bonds is 7. The van der Waals surface area contributed by atoms with E-state index in [1.54, 1.807) is 42.0 Å². The average molecular weight is 448 g/mol. The number of benzene rings is 2. The molecule has 0 saturated heterocycles. The Hall–Kier alpha value is -2.95. The average Bonchev–Trinajstić information content (AvgIpc) is 3.03. The topological polar surface area (TPSA) is 113 Å². The lowest BCUT2D eigenvalue weighted by Gasteiger charge is -2.08.